The summed E-state index contributed by atoms with van der Waals surface area (Å²) in [6, 6.07) is 3.91. The summed E-state index contributed by atoms with van der Waals surface area (Å²) in [6.45, 7) is 0.793. The van der Waals surface area contributed by atoms with Crippen molar-refractivity contribution in [3.05, 3.63) is 30.1 Å². The van der Waals surface area contributed by atoms with Crippen LogP contribution in [0.3, 0.4) is 0 Å². The highest BCUT2D eigenvalue weighted by atomic mass is 16.2. The maximum Gasteiger partial charge on any atom is 0.255 e. The summed E-state index contributed by atoms with van der Waals surface area (Å²) >= 11 is 0. The number of amides is 1. The Kier molecular flexibility index (Phi) is 3.19. The summed E-state index contributed by atoms with van der Waals surface area (Å²) in [5, 5.41) is 0. The van der Waals surface area contributed by atoms with Gasteiger partial charge in [0.25, 0.3) is 5.91 Å². The van der Waals surface area contributed by atoms with Gasteiger partial charge in [0.15, 0.2) is 0 Å². The molecular weight excluding hydrogens is 202 g/mol. The van der Waals surface area contributed by atoms with Crippen molar-refractivity contribution < 1.29 is 4.79 Å². The van der Waals surface area contributed by atoms with Gasteiger partial charge in [-0.15, -0.1) is 0 Å². The minimum absolute atomic E-state index is 0.0357. The molecule has 0 saturated heterocycles. The molecule has 4 nitrogen and oxygen atoms in total. The van der Waals surface area contributed by atoms with E-state index in [-0.39, 0.29) is 5.91 Å². The maximum absolute atomic E-state index is 12.0. The fourth-order valence-electron chi connectivity index (χ4n) is 2.12. The first-order valence-electron chi connectivity index (χ1n) is 5.58. The molecule has 0 aromatic carbocycles. The molecule has 0 unspecified atom stereocenters. The van der Waals surface area contributed by atoms with E-state index in [0.29, 0.717) is 17.5 Å². The Morgan fingerprint density at radius 1 is 1.62 bits per heavy atom. The summed E-state index contributed by atoms with van der Waals surface area (Å²) < 4.78 is 0. The molecule has 2 N–H and O–H groups in total. The minimum atomic E-state index is 0.0357. The van der Waals surface area contributed by atoms with Crippen LogP contribution in [0.5, 0.6) is 0 Å². The van der Waals surface area contributed by atoms with E-state index >= 15 is 0 Å². The van der Waals surface area contributed by atoms with Crippen LogP contribution in [0.4, 0.5) is 0 Å². The van der Waals surface area contributed by atoms with Gasteiger partial charge in [-0.2, -0.15) is 0 Å². The van der Waals surface area contributed by atoms with Gasteiger partial charge in [-0.05, 0) is 30.9 Å². The van der Waals surface area contributed by atoms with Gasteiger partial charge in [-0.1, -0.05) is 0 Å². The van der Waals surface area contributed by atoms with E-state index in [1.165, 1.54) is 0 Å². The lowest BCUT2D eigenvalue weighted by atomic mass is 9.80. The summed E-state index contributed by atoms with van der Waals surface area (Å²) in [5.41, 5.74) is 6.37. The van der Waals surface area contributed by atoms with E-state index < -0.39 is 0 Å². The third kappa shape index (κ3) is 2.39. The van der Waals surface area contributed by atoms with Crippen LogP contribution in [0.15, 0.2) is 24.5 Å². The van der Waals surface area contributed by atoms with Gasteiger partial charge in [0.2, 0.25) is 0 Å². The van der Waals surface area contributed by atoms with Gasteiger partial charge in [-0.3, -0.25) is 9.78 Å². The van der Waals surface area contributed by atoms with Crippen LogP contribution < -0.4 is 5.73 Å². The highest BCUT2D eigenvalue weighted by Crippen LogP contribution is 2.26. The molecule has 16 heavy (non-hydrogen) atoms. The molecule has 1 fully saturated rings. The molecule has 0 aliphatic heterocycles. The zero-order valence-electron chi connectivity index (χ0n) is 9.47. The summed E-state index contributed by atoms with van der Waals surface area (Å²) in [4.78, 5) is 17.7. The van der Waals surface area contributed by atoms with E-state index in [9.17, 15) is 4.79 Å². The lowest BCUT2D eigenvalue weighted by Gasteiger charge is -2.35. The van der Waals surface area contributed by atoms with Gasteiger partial charge < -0.3 is 10.6 Å². The molecule has 1 aliphatic rings. The molecule has 4 heteroatoms. The van der Waals surface area contributed by atoms with Crippen molar-refractivity contribution in [3.8, 4) is 0 Å². The van der Waals surface area contributed by atoms with Crippen LogP contribution in [0.25, 0.3) is 0 Å². The number of nitrogens with two attached hydrogens (primary N) is 1. The van der Waals surface area contributed by atoms with Crippen molar-refractivity contribution >= 4 is 5.91 Å². The zero-order chi connectivity index (χ0) is 11.5. The Morgan fingerprint density at radius 3 is 2.94 bits per heavy atom. The molecule has 1 heterocycles. The smallest absolute Gasteiger partial charge is 0.255 e. The van der Waals surface area contributed by atoms with Crippen LogP contribution in [-0.4, -0.2) is 35.4 Å². The molecule has 86 valence electrons. The van der Waals surface area contributed by atoms with Crippen LogP contribution in [-0.2, 0) is 0 Å². The third-order valence-corrected chi connectivity index (χ3v) is 3.06. The number of nitrogens with zero attached hydrogens (tertiary/aromatic N) is 2. The van der Waals surface area contributed by atoms with Crippen LogP contribution in [0.1, 0.15) is 23.2 Å². The first-order chi connectivity index (χ1) is 7.66. The van der Waals surface area contributed by atoms with E-state index in [4.69, 9.17) is 5.73 Å². The van der Waals surface area contributed by atoms with Crippen molar-refractivity contribution in [2.24, 2.45) is 11.7 Å². The quantitative estimate of drug-likeness (QED) is 0.821. The average Bonchev–Trinajstić information content (AvgIpc) is 2.27. The number of carbonyl (C=O) groups is 1. The lowest BCUT2D eigenvalue weighted by molar-refractivity contribution is 0.0733. The second-order valence-electron chi connectivity index (χ2n) is 4.52. The number of rotatable bonds is 3. The number of pyridine rings is 1. The molecule has 1 saturated carbocycles. The van der Waals surface area contributed by atoms with Crippen molar-refractivity contribution in [2.45, 2.75) is 18.9 Å². The summed E-state index contributed by atoms with van der Waals surface area (Å²) in [7, 11) is 1.83. The van der Waals surface area contributed by atoms with Gasteiger partial charge in [-0.25, -0.2) is 0 Å². The van der Waals surface area contributed by atoms with Crippen molar-refractivity contribution in [1.82, 2.24) is 9.88 Å². The maximum atomic E-state index is 12.0. The molecular formula is C12H17N3O. The monoisotopic (exact) mass is 219 g/mol. The molecule has 0 bridgehead atoms. The number of aromatic nitrogens is 1. The molecule has 1 aromatic rings. The highest BCUT2D eigenvalue weighted by molar-refractivity contribution is 5.93. The normalized spacial score (nSPS) is 23.6. The molecule has 0 atom stereocenters. The molecule has 1 amide bonds. The topological polar surface area (TPSA) is 59.2 Å². The zero-order valence-corrected chi connectivity index (χ0v) is 9.47. The molecule has 2 rings (SSSR count). The molecule has 0 radical (unpaired) electrons. The fourth-order valence-corrected chi connectivity index (χ4v) is 2.12. The van der Waals surface area contributed by atoms with Crippen LogP contribution >= 0.6 is 0 Å². The number of hydrogen-bond acceptors (Lipinski definition) is 3. The summed E-state index contributed by atoms with van der Waals surface area (Å²) in [6.07, 6.45) is 5.34. The Bertz CT molecular complexity index is 360. The standard InChI is InChI=1S/C12H17N3O/c1-15(8-9-5-11(13)6-9)12(16)10-3-2-4-14-7-10/h2-4,7,9,11H,5-6,8,13H2,1H3. The van der Waals surface area contributed by atoms with E-state index in [1.54, 1.807) is 29.4 Å². The largest absolute Gasteiger partial charge is 0.341 e. The fraction of sp³-hybridized carbons (Fsp3) is 0.500. The van der Waals surface area contributed by atoms with Crippen molar-refractivity contribution in [3.63, 3.8) is 0 Å². The van der Waals surface area contributed by atoms with Gasteiger partial charge in [0.05, 0.1) is 5.56 Å². The molecule has 1 aromatic heterocycles. The van der Waals surface area contributed by atoms with Crippen LogP contribution in [0, 0.1) is 5.92 Å². The average molecular weight is 219 g/mol. The Balaban J connectivity index is 1.90. The highest BCUT2D eigenvalue weighted by Gasteiger charge is 2.28. The first kappa shape index (κ1) is 11.1. The predicted octanol–water partition coefficient (Wildman–Crippen LogP) is 0.891. The second-order valence-corrected chi connectivity index (χ2v) is 4.52. The van der Waals surface area contributed by atoms with Gasteiger partial charge >= 0.3 is 0 Å². The van der Waals surface area contributed by atoms with Crippen molar-refractivity contribution in [1.29, 1.82) is 0 Å². The predicted molar refractivity (Wildman–Crippen MR) is 61.9 cm³/mol. The molecule has 1 aliphatic carbocycles. The SMILES string of the molecule is CN(CC1CC(N)C1)C(=O)c1cccnc1. The second kappa shape index (κ2) is 4.61. The minimum Gasteiger partial charge on any atom is -0.341 e. The Hall–Kier alpha value is -1.42. The van der Waals surface area contributed by atoms with E-state index in [1.807, 2.05) is 7.05 Å². The van der Waals surface area contributed by atoms with Crippen LogP contribution in [0.2, 0.25) is 0 Å². The summed E-state index contributed by atoms with van der Waals surface area (Å²) in [5.74, 6) is 0.606. The van der Waals surface area contributed by atoms with Gasteiger partial charge in [0.1, 0.15) is 0 Å². The van der Waals surface area contributed by atoms with E-state index in [2.05, 4.69) is 4.98 Å². The van der Waals surface area contributed by atoms with E-state index in [0.717, 1.165) is 19.4 Å². The van der Waals surface area contributed by atoms with Gasteiger partial charge in [0, 0.05) is 32.0 Å². The number of hydrogen-bond donors (Lipinski definition) is 1. The number of carbonyl (C=O) groups excluding carboxylic acids is 1. The first-order valence-corrected chi connectivity index (χ1v) is 5.58. The Labute approximate surface area is 95.5 Å². The lowest BCUT2D eigenvalue weighted by Crippen LogP contribution is -2.43. The molecule has 0 spiro atoms. The third-order valence-electron chi connectivity index (χ3n) is 3.06. The Morgan fingerprint density at radius 2 is 2.38 bits per heavy atom. The van der Waals surface area contributed by atoms with Crippen molar-refractivity contribution in [2.75, 3.05) is 13.6 Å².